The number of ether oxygens (including phenoxy) is 3. The summed E-state index contributed by atoms with van der Waals surface area (Å²) in [6.07, 6.45) is -0.681. The molecule has 7 heteroatoms. The highest BCUT2D eigenvalue weighted by Crippen LogP contribution is 2.44. The molecule has 32 heavy (non-hydrogen) atoms. The fourth-order valence-electron chi connectivity index (χ4n) is 3.37. The monoisotopic (exact) mass is 468 g/mol. The number of halogens is 2. The van der Waals surface area contributed by atoms with E-state index in [0.29, 0.717) is 21.7 Å². The van der Waals surface area contributed by atoms with E-state index in [0.717, 1.165) is 5.56 Å². The molecule has 1 aliphatic heterocycles. The minimum Gasteiger partial charge on any atom is -0.471 e. The number of fused-ring (bicyclic) bond motifs is 1. The molecule has 0 fully saturated rings. The highest BCUT2D eigenvalue weighted by Gasteiger charge is 2.36. The Kier molecular flexibility index (Phi) is 6.49. The maximum atomic E-state index is 12.8. The first kappa shape index (κ1) is 21.9. The van der Waals surface area contributed by atoms with Crippen molar-refractivity contribution in [2.45, 2.75) is 13.0 Å². The summed E-state index contributed by atoms with van der Waals surface area (Å²) in [6, 6.07) is 20.9. The molecule has 1 atom stereocenters. The third-order valence-corrected chi connectivity index (χ3v) is 5.55. The molecule has 3 aromatic rings. The quantitative estimate of drug-likeness (QED) is 0.417. The van der Waals surface area contributed by atoms with E-state index in [-0.39, 0.29) is 23.1 Å². The molecule has 0 N–H and O–H groups in total. The smallest absolute Gasteiger partial charge is 0.377 e. The number of carbonyl (C=O) groups is 2. The minimum absolute atomic E-state index is 0.0712. The Balaban J connectivity index is 1.88. The molecule has 0 radical (unpaired) electrons. The molecule has 0 aromatic heterocycles. The molecule has 162 valence electrons. The van der Waals surface area contributed by atoms with Crippen LogP contribution in [0, 0.1) is 0 Å². The van der Waals surface area contributed by atoms with Crippen LogP contribution in [0.15, 0.2) is 78.6 Å². The molecular weight excluding hydrogens is 451 g/mol. The Morgan fingerprint density at radius 1 is 0.906 bits per heavy atom. The molecule has 1 aliphatic rings. The number of rotatable bonds is 5. The normalized spacial score (nSPS) is 14.9. The molecule has 0 amide bonds. The molecule has 0 aliphatic carbocycles. The van der Waals surface area contributed by atoms with Crippen LogP contribution in [0.2, 0.25) is 10.0 Å². The van der Waals surface area contributed by atoms with Crippen molar-refractivity contribution < 1.29 is 23.8 Å². The fraction of sp³-hybridized carbons (Fsp3) is 0.120. The van der Waals surface area contributed by atoms with Gasteiger partial charge < -0.3 is 14.2 Å². The number of hydrogen-bond donors (Lipinski definition) is 0. The van der Waals surface area contributed by atoms with Gasteiger partial charge in [0, 0.05) is 11.1 Å². The van der Waals surface area contributed by atoms with Gasteiger partial charge >= 0.3 is 11.9 Å². The van der Waals surface area contributed by atoms with E-state index < -0.39 is 18.0 Å². The van der Waals surface area contributed by atoms with Gasteiger partial charge in [0.25, 0.3) is 0 Å². The zero-order valence-electron chi connectivity index (χ0n) is 17.0. The van der Waals surface area contributed by atoms with Crippen LogP contribution in [-0.4, -0.2) is 18.5 Å². The van der Waals surface area contributed by atoms with Crippen molar-refractivity contribution in [3.05, 3.63) is 111 Å². The van der Waals surface area contributed by atoms with Gasteiger partial charge in [0.1, 0.15) is 0 Å². The summed E-state index contributed by atoms with van der Waals surface area (Å²) < 4.78 is 16.9. The van der Waals surface area contributed by atoms with Gasteiger partial charge in [-0.05, 0) is 36.8 Å². The third kappa shape index (κ3) is 4.35. The van der Waals surface area contributed by atoms with Crippen LogP contribution in [0.1, 0.15) is 40.1 Å². The number of hydrogen-bond acceptors (Lipinski definition) is 5. The summed E-state index contributed by atoms with van der Waals surface area (Å²) in [5.74, 6) is -1.68. The molecule has 3 aromatic carbocycles. The highest BCUT2D eigenvalue weighted by atomic mass is 35.5. The van der Waals surface area contributed by atoms with Crippen LogP contribution >= 0.6 is 23.2 Å². The molecular formula is C25H18Cl2O5. The van der Waals surface area contributed by atoms with E-state index in [9.17, 15) is 9.59 Å². The third-order valence-electron chi connectivity index (χ3n) is 4.83. The maximum absolute atomic E-state index is 12.8. The van der Waals surface area contributed by atoms with Crippen LogP contribution in [0.3, 0.4) is 0 Å². The Hall–Kier alpha value is -3.28. The van der Waals surface area contributed by atoms with E-state index >= 15 is 0 Å². The van der Waals surface area contributed by atoms with E-state index in [1.807, 2.05) is 30.3 Å². The van der Waals surface area contributed by atoms with Crippen molar-refractivity contribution in [2.75, 3.05) is 6.61 Å². The fourth-order valence-corrected chi connectivity index (χ4v) is 3.71. The number of esters is 2. The first-order chi connectivity index (χ1) is 15.5. The second-order valence-electron chi connectivity index (χ2n) is 6.90. The van der Waals surface area contributed by atoms with Crippen molar-refractivity contribution in [3.63, 3.8) is 0 Å². The Bertz CT molecular complexity index is 1190. The zero-order valence-corrected chi connectivity index (χ0v) is 18.5. The van der Waals surface area contributed by atoms with Gasteiger partial charge in [-0.3, -0.25) is 0 Å². The van der Waals surface area contributed by atoms with Crippen molar-refractivity contribution in [1.82, 2.24) is 0 Å². The lowest BCUT2D eigenvalue weighted by atomic mass is 9.93. The Labute approximate surface area is 195 Å². The number of carbonyl (C=O) groups excluding carboxylic acids is 2. The van der Waals surface area contributed by atoms with Gasteiger partial charge in [0.15, 0.2) is 11.9 Å². The first-order valence-electron chi connectivity index (χ1n) is 9.89. The van der Waals surface area contributed by atoms with Gasteiger partial charge in [0.05, 0.1) is 22.2 Å². The molecule has 0 bridgehead atoms. The lowest BCUT2D eigenvalue weighted by Gasteiger charge is -2.30. The van der Waals surface area contributed by atoms with Crippen molar-refractivity contribution in [3.8, 4) is 0 Å². The molecule has 4 rings (SSSR count). The molecule has 0 spiro atoms. The lowest BCUT2D eigenvalue weighted by Crippen LogP contribution is -2.23. The van der Waals surface area contributed by atoms with Crippen molar-refractivity contribution in [2.24, 2.45) is 0 Å². The van der Waals surface area contributed by atoms with Gasteiger partial charge in [-0.1, -0.05) is 71.7 Å². The van der Waals surface area contributed by atoms with Crippen LogP contribution in [0.25, 0.3) is 5.76 Å². The summed E-state index contributed by atoms with van der Waals surface area (Å²) in [5.41, 5.74) is 2.12. The van der Waals surface area contributed by atoms with E-state index in [1.54, 1.807) is 49.4 Å². The van der Waals surface area contributed by atoms with Crippen LogP contribution < -0.4 is 0 Å². The first-order valence-corrected chi connectivity index (χ1v) is 10.6. The van der Waals surface area contributed by atoms with E-state index in [1.165, 1.54) is 0 Å². The Morgan fingerprint density at radius 2 is 1.53 bits per heavy atom. The molecule has 5 nitrogen and oxygen atoms in total. The maximum Gasteiger partial charge on any atom is 0.377 e. The summed E-state index contributed by atoms with van der Waals surface area (Å²) in [5, 5.41) is 0.555. The van der Waals surface area contributed by atoms with Gasteiger partial charge in [-0.25, -0.2) is 9.59 Å². The Morgan fingerprint density at radius 3 is 2.19 bits per heavy atom. The van der Waals surface area contributed by atoms with Gasteiger partial charge in [-0.15, -0.1) is 0 Å². The molecule has 1 heterocycles. The summed E-state index contributed by atoms with van der Waals surface area (Å²) >= 11 is 12.6. The van der Waals surface area contributed by atoms with E-state index in [4.69, 9.17) is 37.4 Å². The second-order valence-corrected chi connectivity index (χ2v) is 7.71. The average Bonchev–Trinajstić information content (AvgIpc) is 2.81. The SMILES string of the molecule is CCOC(=O)C1=C(OC(=O)c2ccccc2)c2cc(Cl)c(Cl)cc2[C@H](c2ccccc2)O1. The average molecular weight is 469 g/mol. The summed E-state index contributed by atoms with van der Waals surface area (Å²) in [6.45, 7) is 1.80. The van der Waals surface area contributed by atoms with Crippen LogP contribution in [0.5, 0.6) is 0 Å². The summed E-state index contributed by atoms with van der Waals surface area (Å²) in [7, 11) is 0. The van der Waals surface area contributed by atoms with Gasteiger partial charge in [-0.2, -0.15) is 0 Å². The molecule has 0 saturated heterocycles. The highest BCUT2D eigenvalue weighted by molar-refractivity contribution is 6.42. The topological polar surface area (TPSA) is 61.8 Å². The van der Waals surface area contributed by atoms with Crippen LogP contribution in [0.4, 0.5) is 0 Å². The van der Waals surface area contributed by atoms with Crippen LogP contribution in [-0.2, 0) is 19.0 Å². The molecule has 0 unspecified atom stereocenters. The predicted molar refractivity (Wildman–Crippen MR) is 121 cm³/mol. The molecule has 0 saturated carbocycles. The lowest BCUT2D eigenvalue weighted by molar-refractivity contribution is -0.143. The zero-order chi connectivity index (χ0) is 22.7. The standard InChI is InChI=1S/C25H18Cl2O5/c1-2-30-25(29)23-22(32-24(28)16-11-7-4-8-12-16)18-14-20(27)19(26)13-17(18)21(31-23)15-9-5-3-6-10-15/h3-14,21H,2H2,1H3/t21-/m0/s1. The second kappa shape index (κ2) is 9.47. The van der Waals surface area contributed by atoms with Crippen molar-refractivity contribution >= 4 is 40.9 Å². The number of benzene rings is 3. The largest absolute Gasteiger partial charge is 0.471 e. The minimum atomic E-state index is -0.749. The van der Waals surface area contributed by atoms with Crippen molar-refractivity contribution in [1.29, 1.82) is 0 Å². The van der Waals surface area contributed by atoms with Gasteiger partial charge in [0.2, 0.25) is 5.76 Å². The van der Waals surface area contributed by atoms with E-state index in [2.05, 4.69) is 0 Å². The summed E-state index contributed by atoms with van der Waals surface area (Å²) in [4.78, 5) is 25.6. The predicted octanol–water partition coefficient (Wildman–Crippen LogP) is 6.20.